The lowest BCUT2D eigenvalue weighted by molar-refractivity contribution is 0.491. The molecule has 0 spiro atoms. The first-order valence-electron chi connectivity index (χ1n) is 4.31. The molecule has 0 radical (unpaired) electrons. The van der Waals surface area contributed by atoms with Gasteiger partial charge in [0.2, 0.25) is 0 Å². The average molecular weight is 261 g/mol. The van der Waals surface area contributed by atoms with Crippen LogP contribution in [0.15, 0.2) is 12.1 Å². The van der Waals surface area contributed by atoms with Crippen molar-refractivity contribution < 1.29 is 17.0 Å². The number of hydrogen-bond acceptors (Lipinski definition) is 5. The van der Waals surface area contributed by atoms with Gasteiger partial charge in [-0.2, -0.15) is 8.42 Å². The summed E-state index contributed by atoms with van der Waals surface area (Å²) in [7, 11) is -3.59. The molecule has 1 heterocycles. The van der Waals surface area contributed by atoms with Crippen molar-refractivity contribution in [3.8, 4) is 5.19 Å². The summed E-state index contributed by atoms with van der Waals surface area (Å²) in [6, 6.07) is 2.64. The Labute approximate surface area is 95.8 Å². The summed E-state index contributed by atoms with van der Waals surface area (Å²) in [5.41, 5.74) is 1.21. The second kappa shape index (κ2) is 3.67. The highest BCUT2D eigenvalue weighted by molar-refractivity contribution is 7.86. The van der Waals surface area contributed by atoms with Crippen molar-refractivity contribution >= 4 is 31.7 Å². The first kappa shape index (κ1) is 11.3. The second-order valence-electron chi connectivity index (χ2n) is 3.34. The van der Waals surface area contributed by atoms with Crippen LogP contribution >= 0.6 is 11.3 Å². The predicted octanol–water partition coefficient (Wildman–Crippen LogP) is 2.08. The maximum Gasteiger partial charge on any atom is 0.308 e. The molecule has 1 aromatic carbocycles. The lowest BCUT2D eigenvalue weighted by Crippen LogP contribution is -2.05. The van der Waals surface area contributed by atoms with Gasteiger partial charge in [-0.15, -0.1) is 0 Å². The Morgan fingerprint density at radius 3 is 2.75 bits per heavy atom. The standard InChI is InChI=1S/C9H8FNO3S2/c1-5-3-6(10)4-7-8(5)11-9(15-7)14-16(2,12)13/h3-4H,1-2H3. The van der Waals surface area contributed by atoms with Gasteiger partial charge in [0, 0.05) is 0 Å². The molecule has 86 valence electrons. The highest BCUT2D eigenvalue weighted by atomic mass is 32.2. The zero-order valence-corrected chi connectivity index (χ0v) is 10.2. The third-order valence-corrected chi connectivity index (χ3v) is 3.30. The maximum atomic E-state index is 13.1. The zero-order chi connectivity index (χ0) is 11.9. The third-order valence-electron chi connectivity index (χ3n) is 1.85. The molecule has 2 aromatic rings. The van der Waals surface area contributed by atoms with Crippen molar-refractivity contribution in [1.29, 1.82) is 0 Å². The molecular weight excluding hydrogens is 253 g/mol. The van der Waals surface area contributed by atoms with Gasteiger partial charge >= 0.3 is 10.1 Å². The van der Waals surface area contributed by atoms with Gasteiger partial charge in [-0.25, -0.2) is 9.37 Å². The Kier molecular flexibility index (Phi) is 2.59. The minimum atomic E-state index is -3.59. The van der Waals surface area contributed by atoms with E-state index in [2.05, 4.69) is 9.17 Å². The smallest absolute Gasteiger partial charge is 0.308 e. The van der Waals surface area contributed by atoms with Gasteiger partial charge < -0.3 is 4.18 Å². The van der Waals surface area contributed by atoms with Gasteiger partial charge in [-0.3, -0.25) is 0 Å². The van der Waals surface area contributed by atoms with Crippen LogP contribution in [-0.4, -0.2) is 19.7 Å². The number of nitrogens with zero attached hydrogens (tertiary/aromatic N) is 1. The van der Waals surface area contributed by atoms with Crippen LogP contribution in [0.1, 0.15) is 5.56 Å². The van der Waals surface area contributed by atoms with E-state index in [0.717, 1.165) is 17.6 Å². The van der Waals surface area contributed by atoms with Crippen molar-refractivity contribution in [3.63, 3.8) is 0 Å². The number of aromatic nitrogens is 1. The summed E-state index contributed by atoms with van der Waals surface area (Å²) in [6.07, 6.45) is 0.937. The molecule has 0 aliphatic carbocycles. The van der Waals surface area contributed by atoms with E-state index in [1.54, 1.807) is 6.92 Å². The Bertz CT molecular complexity index is 648. The molecular formula is C9H8FNO3S2. The van der Waals surface area contributed by atoms with Crippen molar-refractivity contribution in [2.24, 2.45) is 0 Å². The van der Waals surface area contributed by atoms with Crippen molar-refractivity contribution in [2.45, 2.75) is 6.92 Å². The topological polar surface area (TPSA) is 56.3 Å². The molecule has 0 unspecified atom stereocenters. The summed E-state index contributed by atoms with van der Waals surface area (Å²) in [5.74, 6) is -0.375. The second-order valence-corrected chi connectivity index (χ2v) is 5.90. The monoisotopic (exact) mass is 261 g/mol. The average Bonchev–Trinajstić information content (AvgIpc) is 2.43. The number of thiazole rings is 1. The van der Waals surface area contributed by atoms with Crippen molar-refractivity contribution in [1.82, 2.24) is 4.98 Å². The number of benzene rings is 1. The van der Waals surface area contributed by atoms with E-state index in [-0.39, 0.29) is 11.0 Å². The van der Waals surface area contributed by atoms with E-state index < -0.39 is 10.1 Å². The first-order valence-corrected chi connectivity index (χ1v) is 6.94. The van der Waals surface area contributed by atoms with E-state index in [0.29, 0.717) is 15.8 Å². The molecule has 0 N–H and O–H groups in total. The molecule has 16 heavy (non-hydrogen) atoms. The summed E-state index contributed by atoms with van der Waals surface area (Å²) < 4.78 is 40.1. The number of halogens is 1. The van der Waals surface area contributed by atoms with Crippen LogP contribution in [0.5, 0.6) is 5.19 Å². The van der Waals surface area contributed by atoms with Crippen LogP contribution in [0.2, 0.25) is 0 Å². The highest BCUT2D eigenvalue weighted by Gasteiger charge is 2.12. The number of aryl methyl sites for hydroxylation is 1. The van der Waals surface area contributed by atoms with Crippen LogP contribution < -0.4 is 4.18 Å². The quantitative estimate of drug-likeness (QED) is 0.777. The van der Waals surface area contributed by atoms with Gasteiger partial charge in [0.05, 0.1) is 16.5 Å². The summed E-state index contributed by atoms with van der Waals surface area (Å²) in [6.45, 7) is 1.70. The predicted molar refractivity (Wildman–Crippen MR) is 59.8 cm³/mol. The number of hydrogen-bond donors (Lipinski definition) is 0. The van der Waals surface area contributed by atoms with Crippen LogP contribution in [0.3, 0.4) is 0 Å². The summed E-state index contributed by atoms with van der Waals surface area (Å²) in [5, 5.41) is 0.00574. The van der Waals surface area contributed by atoms with Gasteiger partial charge in [0.15, 0.2) is 0 Å². The fourth-order valence-corrected chi connectivity index (χ4v) is 2.90. The summed E-state index contributed by atoms with van der Waals surface area (Å²) >= 11 is 1.000. The number of fused-ring (bicyclic) bond motifs is 1. The van der Waals surface area contributed by atoms with Crippen molar-refractivity contribution in [2.75, 3.05) is 6.26 Å². The minimum absolute atomic E-state index is 0.00574. The zero-order valence-electron chi connectivity index (χ0n) is 8.52. The minimum Gasteiger partial charge on any atom is -0.352 e. The molecule has 7 heteroatoms. The van der Waals surface area contributed by atoms with E-state index >= 15 is 0 Å². The molecule has 0 fully saturated rings. The van der Waals surface area contributed by atoms with Crippen LogP contribution in [0, 0.1) is 12.7 Å². The van der Waals surface area contributed by atoms with Crippen LogP contribution in [0.4, 0.5) is 4.39 Å². The SMILES string of the molecule is Cc1cc(F)cc2sc(OS(C)(=O)=O)nc12. The van der Waals surface area contributed by atoms with Gasteiger partial charge in [0.25, 0.3) is 5.19 Å². The molecule has 0 aliphatic heterocycles. The number of rotatable bonds is 2. The normalized spacial score (nSPS) is 11.9. The van der Waals surface area contributed by atoms with E-state index in [4.69, 9.17) is 0 Å². The van der Waals surface area contributed by atoms with Crippen LogP contribution in [-0.2, 0) is 10.1 Å². The van der Waals surface area contributed by atoms with Crippen molar-refractivity contribution in [3.05, 3.63) is 23.5 Å². The van der Waals surface area contributed by atoms with E-state index in [1.165, 1.54) is 12.1 Å². The maximum absolute atomic E-state index is 13.1. The molecule has 0 amide bonds. The lowest BCUT2D eigenvalue weighted by Gasteiger charge is -1.94. The third kappa shape index (κ3) is 2.30. The lowest BCUT2D eigenvalue weighted by atomic mass is 10.2. The fraction of sp³-hybridized carbons (Fsp3) is 0.222. The molecule has 4 nitrogen and oxygen atoms in total. The Morgan fingerprint density at radius 1 is 1.44 bits per heavy atom. The summed E-state index contributed by atoms with van der Waals surface area (Å²) in [4.78, 5) is 3.99. The van der Waals surface area contributed by atoms with Crippen LogP contribution in [0.25, 0.3) is 10.2 Å². The molecule has 0 aliphatic rings. The molecule has 0 atom stereocenters. The van der Waals surface area contributed by atoms with Gasteiger partial charge in [0.1, 0.15) is 5.82 Å². The molecule has 2 rings (SSSR count). The van der Waals surface area contributed by atoms with E-state index in [1.807, 2.05) is 0 Å². The Balaban J connectivity index is 2.56. The largest absolute Gasteiger partial charge is 0.352 e. The molecule has 0 saturated carbocycles. The van der Waals surface area contributed by atoms with Gasteiger partial charge in [-0.1, -0.05) is 11.3 Å². The Hall–Kier alpha value is -1.21. The molecule has 0 bridgehead atoms. The van der Waals surface area contributed by atoms with E-state index in [9.17, 15) is 12.8 Å². The Morgan fingerprint density at radius 2 is 2.12 bits per heavy atom. The van der Waals surface area contributed by atoms with Gasteiger partial charge in [-0.05, 0) is 24.6 Å². The highest BCUT2D eigenvalue weighted by Crippen LogP contribution is 2.31. The molecule has 0 saturated heterocycles. The molecule has 1 aromatic heterocycles. The fourth-order valence-electron chi connectivity index (χ4n) is 1.30. The first-order chi connectivity index (χ1) is 7.35.